The van der Waals surface area contributed by atoms with Crippen molar-refractivity contribution in [3.63, 3.8) is 0 Å². The number of hydrogen-bond acceptors (Lipinski definition) is 3. The molecule has 2 aliphatic rings. The Morgan fingerprint density at radius 1 is 1.32 bits per heavy atom. The zero-order chi connectivity index (χ0) is 17.6. The van der Waals surface area contributed by atoms with Gasteiger partial charge in [-0.05, 0) is 31.4 Å². The molecule has 3 rings (SSSR count). The van der Waals surface area contributed by atoms with Crippen molar-refractivity contribution in [3.05, 3.63) is 29.8 Å². The number of hydrogen-bond donors (Lipinski definition) is 2. The highest BCUT2D eigenvalue weighted by atomic mass is 16.2. The largest absolute Gasteiger partial charge is 0.384 e. The van der Waals surface area contributed by atoms with Crippen LogP contribution in [0, 0.1) is 0 Å². The molecule has 0 spiro atoms. The van der Waals surface area contributed by atoms with Crippen molar-refractivity contribution in [3.8, 4) is 0 Å². The van der Waals surface area contributed by atoms with Crippen molar-refractivity contribution in [1.29, 1.82) is 0 Å². The predicted octanol–water partition coefficient (Wildman–Crippen LogP) is 2.53. The van der Waals surface area contributed by atoms with Gasteiger partial charge in [0.2, 0.25) is 0 Å². The third-order valence-corrected chi connectivity index (χ3v) is 5.02. The Morgan fingerprint density at radius 3 is 2.92 bits per heavy atom. The first-order valence-corrected chi connectivity index (χ1v) is 9.37. The molecule has 1 atom stereocenters. The van der Waals surface area contributed by atoms with E-state index in [1.165, 1.54) is 0 Å². The third-order valence-electron chi connectivity index (χ3n) is 5.02. The molecule has 6 nitrogen and oxygen atoms in total. The molecule has 2 saturated heterocycles. The van der Waals surface area contributed by atoms with Crippen LogP contribution in [0.15, 0.2) is 24.3 Å². The molecular weight excluding hydrogens is 316 g/mol. The molecule has 1 aromatic carbocycles. The SMILES string of the molecule is CCCCNc1ccccc1C(=O)N1CCCC(N2CCNC2=O)C1. The van der Waals surface area contributed by atoms with Gasteiger partial charge in [0.15, 0.2) is 0 Å². The lowest BCUT2D eigenvalue weighted by atomic mass is 10.0. The molecule has 1 aromatic rings. The number of likely N-dealkylation sites (tertiary alicyclic amines) is 1. The predicted molar refractivity (Wildman–Crippen MR) is 98.9 cm³/mol. The second kappa shape index (κ2) is 8.23. The van der Waals surface area contributed by atoms with Gasteiger partial charge in [-0.1, -0.05) is 25.5 Å². The summed E-state index contributed by atoms with van der Waals surface area (Å²) in [5.41, 5.74) is 1.63. The van der Waals surface area contributed by atoms with E-state index < -0.39 is 0 Å². The summed E-state index contributed by atoms with van der Waals surface area (Å²) in [6, 6.07) is 7.86. The number of nitrogens with zero attached hydrogens (tertiary/aromatic N) is 2. The zero-order valence-electron chi connectivity index (χ0n) is 15.0. The molecule has 25 heavy (non-hydrogen) atoms. The Balaban J connectivity index is 1.69. The summed E-state index contributed by atoms with van der Waals surface area (Å²) in [5, 5.41) is 6.24. The molecule has 2 fully saturated rings. The van der Waals surface area contributed by atoms with E-state index in [9.17, 15) is 9.59 Å². The Bertz CT molecular complexity index is 619. The number of urea groups is 1. The Morgan fingerprint density at radius 2 is 2.16 bits per heavy atom. The minimum Gasteiger partial charge on any atom is -0.384 e. The second-order valence-electron chi connectivity index (χ2n) is 6.80. The third kappa shape index (κ3) is 4.06. The van der Waals surface area contributed by atoms with Gasteiger partial charge < -0.3 is 20.4 Å². The number of rotatable bonds is 6. The fraction of sp³-hybridized carbons (Fsp3) is 0.579. The molecule has 3 amide bonds. The first kappa shape index (κ1) is 17.6. The fourth-order valence-electron chi connectivity index (χ4n) is 3.62. The average Bonchev–Trinajstić information content (AvgIpc) is 3.08. The lowest BCUT2D eigenvalue weighted by Crippen LogP contribution is -2.50. The van der Waals surface area contributed by atoms with Crippen LogP contribution in [0.4, 0.5) is 10.5 Å². The molecule has 0 bridgehead atoms. The lowest BCUT2D eigenvalue weighted by molar-refractivity contribution is 0.0635. The number of para-hydroxylation sites is 1. The lowest BCUT2D eigenvalue weighted by Gasteiger charge is -2.37. The standard InChI is InChI=1S/C19H28N4O2/c1-2-3-10-20-17-9-5-4-8-16(17)18(24)22-12-6-7-15(14-22)23-13-11-21-19(23)25/h4-5,8-9,15,20H,2-3,6-7,10-14H2,1H3,(H,21,25). The Kier molecular flexibility index (Phi) is 5.79. The molecule has 0 aliphatic carbocycles. The van der Waals surface area contributed by atoms with Crippen molar-refractivity contribution in [2.24, 2.45) is 0 Å². The zero-order valence-corrected chi connectivity index (χ0v) is 15.0. The van der Waals surface area contributed by atoms with Gasteiger partial charge in [-0.2, -0.15) is 0 Å². The Labute approximate surface area is 149 Å². The maximum Gasteiger partial charge on any atom is 0.317 e. The van der Waals surface area contributed by atoms with Crippen LogP contribution >= 0.6 is 0 Å². The number of benzene rings is 1. The maximum absolute atomic E-state index is 13.1. The summed E-state index contributed by atoms with van der Waals surface area (Å²) in [7, 11) is 0. The van der Waals surface area contributed by atoms with Gasteiger partial charge in [-0.3, -0.25) is 4.79 Å². The summed E-state index contributed by atoms with van der Waals surface area (Å²) in [4.78, 5) is 28.8. The number of amides is 3. The Hall–Kier alpha value is -2.24. The number of carbonyl (C=O) groups is 2. The van der Waals surface area contributed by atoms with Crippen molar-refractivity contribution in [2.75, 3.05) is 38.0 Å². The van der Waals surface area contributed by atoms with Crippen LogP contribution in [0.1, 0.15) is 43.0 Å². The van der Waals surface area contributed by atoms with Crippen molar-refractivity contribution < 1.29 is 9.59 Å². The van der Waals surface area contributed by atoms with E-state index in [2.05, 4.69) is 17.6 Å². The number of piperidine rings is 1. The fourth-order valence-corrected chi connectivity index (χ4v) is 3.62. The van der Waals surface area contributed by atoms with E-state index in [0.29, 0.717) is 13.1 Å². The monoisotopic (exact) mass is 344 g/mol. The molecule has 2 aliphatic heterocycles. The van der Waals surface area contributed by atoms with Gasteiger partial charge in [0, 0.05) is 38.4 Å². The van der Waals surface area contributed by atoms with Crippen LogP contribution in [0.2, 0.25) is 0 Å². The van der Waals surface area contributed by atoms with E-state index in [1.54, 1.807) is 0 Å². The van der Waals surface area contributed by atoms with Gasteiger partial charge in [0.1, 0.15) is 0 Å². The van der Waals surface area contributed by atoms with Crippen LogP contribution in [-0.2, 0) is 0 Å². The van der Waals surface area contributed by atoms with Crippen LogP contribution in [-0.4, -0.2) is 60.5 Å². The summed E-state index contributed by atoms with van der Waals surface area (Å²) < 4.78 is 0. The number of nitrogens with one attached hydrogen (secondary N) is 2. The van der Waals surface area contributed by atoms with Crippen molar-refractivity contribution in [2.45, 2.75) is 38.6 Å². The van der Waals surface area contributed by atoms with Gasteiger partial charge in [0.05, 0.1) is 11.6 Å². The second-order valence-corrected chi connectivity index (χ2v) is 6.80. The average molecular weight is 344 g/mol. The topological polar surface area (TPSA) is 64.7 Å². The molecule has 0 saturated carbocycles. The van der Waals surface area contributed by atoms with Gasteiger partial charge in [-0.15, -0.1) is 0 Å². The van der Waals surface area contributed by atoms with Crippen LogP contribution in [0.3, 0.4) is 0 Å². The minimum absolute atomic E-state index is 0.000862. The summed E-state index contributed by atoms with van der Waals surface area (Å²) in [6.45, 7) is 5.84. The van der Waals surface area contributed by atoms with E-state index in [1.807, 2.05) is 34.1 Å². The highest BCUT2D eigenvalue weighted by Gasteiger charge is 2.33. The molecule has 0 radical (unpaired) electrons. The minimum atomic E-state index is 0.000862. The van der Waals surface area contributed by atoms with Crippen LogP contribution in [0.5, 0.6) is 0 Å². The molecule has 6 heteroatoms. The molecule has 136 valence electrons. The van der Waals surface area contributed by atoms with Crippen molar-refractivity contribution >= 4 is 17.6 Å². The van der Waals surface area contributed by atoms with E-state index >= 15 is 0 Å². The molecule has 0 aromatic heterocycles. The van der Waals surface area contributed by atoms with Gasteiger partial charge >= 0.3 is 6.03 Å². The first-order valence-electron chi connectivity index (χ1n) is 9.37. The highest BCUT2D eigenvalue weighted by Crippen LogP contribution is 2.22. The highest BCUT2D eigenvalue weighted by molar-refractivity contribution is 5.99. The van der Waals surface area contributed by atoms with Gasteiger partial charge in [0.25, 0.3) is 5.91 Å². The summed E-state index contributed by atoms with van der Waals surface area (Å²) in [6.07, 6.45) is 4.10. The first-order chi connectivity index (χ1) is 12.2. The summed E-state index contributed by atoms with van der Waals surface area (Å²) >= 11 is 0. The molecular formula is C19H28N4O2. The van der Waals surface area contributed by atoms with Crippen LogP contribution in [0.25, 0.3) is 0 Å². The normalized spacial score (nSPS) is 20.5. The van der Waals surface area contributed by atoms with Gasteiger partial charge in [-0.25, -0.2) is 4.79 Å². The maximum atomic E-state index is 13.1. The summed E-state index contributed by atoms with van der Waals surface area (Å²) in [5.74, 6) is 0.0592. The van der Waals surface area contributed by atoms with E-state index in [4.69, 9.17) is 0 Å². The van der Waals surface area contributed by atoms with E-state index in [0.717, 1.165) is 56.6 Å². The molecule has 1 unspecified atom stereocenters. The number of unbranched alkanes of at least 4 members (excludes halogenated alkanes) is 1. The smallest absolute Gasteiger partial charge is 0.317 e. The number of anilines is 1. The van der Waals surface area contributed by atoms with E-state index in [-0.39, 0.29) is 18.0 Å². The quantitative estimate of drug-likeness (QED) is 0.780. The van der Waals surface area contributed by atoms with Crippen molar-refractivity contribution in [1.82, 2.24) is 15.1 Å². The number of carbonyl (C=O) groups excluding carboxylic acids is 2. The molecule has 2 heterocycles. The molecule has 2 N–H and O–H groups in total. The van der Waals surface area contributed by atoms with Crippen LogP contribution < -0.4 is 10.6 Å².